The van der Waals surface area contributed by atoms with Crippen LogP contribution in [0.3, 0.4) is 0 Å². The molecule has 212 valence electrons. The predicted molar refractivity (Wildman–Crippen MR) is 132 cm³/mol. The van der Waals surface area contributed by atoms with Crippen molar-refractivity contribution in [2.75, 3.05) is 24.7 Å². The van der Waals surface area contributed by atoms with E-state index in [1.165, 1.54) is 15.5 Å². The molecule has 2 aliphatic rings. The molecular weight excluding hydrogens is 524 g/mol. The molecule has 4 aromatic heterocycles. The van der Waals surface area contributed by atoms with Crippen LogP contribution in [0.15, 0.2) is 22.2 Å². The lowest BCUT2D eigenvalue weighted by Crippen LogP contribution is -2.24. The van der Waals surface area contributed by atoms with Gasteiger partial charge in [-0.1, -0.05) is 0 Å². The van der Waals surface area contributed by atoms with E-state index in [1.54, 1.807) is 0 Å². The lowest BCUT2D eigenvalue weighted by atomic mass is 10.2. The Hall–Kier alpha value is -3.98. The number of nitrogens with two attached hydrogens (primary N) is 2. The van der Waals surface area contributed by atoms with E-state index in [-0.39, 0.29) is 66.6 Å². The van der Waals surface area contributed by atoms with E-state index >= 15 is 0 Å². The standard InChI is InChI=1S/2C10H13N5O4.H2O/c2*11-10-13-8-7(9(18)14-10)12-3-15(8)6-1-4(17)5(2-16)19-6;/h2*3-6,16-17H,1-2H2,(H3,11,13,14,18);1H2/t2*4?,5-,6?;/m11./s1/i3D;;/hD2. The highest BCUT2D eigenvalue weighted by Gasteiger charge is 2.36. The van der Waals surface area contributed by atoms with Gasteiger partial charge < -0.3 is 46.8 Å². The summed E-state index contributed by atoms with van der Waals surface area (Å²) < 4.78 is 32.3. The van der Waals surface area contributed by atoms with Crippen molar-refractivity contribution in [2.45, 2.75) is 49.7 Å². The maximum atomic E-state index is 11.7. The summed E-state index contributed by atoms with van der Waals surface area (Å²) in [6.45, 7) is -0.617. The van der Waals surface area contributed by atoms with E-state index in [2.05, 4.69) is 35.4 Å². The van der Waals surface area contributed by atoms with Crippen LogP contribution in [-0.4, -0.2) is 105 Å². The molecule has 4 unspecified atom stereocenters. The van der Waals surface area contributed by atoms with Gasteiger partial charge >= 0.3 is 0 Å². The molecule has 0 radical (unpaired) electrons. The molecule has 19 heteroatoms. The van der Waals surface area contributed by atoms with Gasteiger partial charge in [-0.3, -0.25) is 28.7 Å². The molecule has 2 saturated heterocycles. The van der Waals surface area contributed by atoms with Crippen molar-refractivity contribution in [3.63, 3.8) is 0 Å². The molecule has 0 amide bonds. The number of aliphatic hydroxyl groups is 4. The summed E-state index contributed by atoms with van der Waals surface area (Å²) in [6.07, 6.45) is -2.66. The van der Waals surface area contributed by atoms with Gasteiger partial charge in [-0.15, -0.1) is 0 Å². The van der Waals surface area contributed by atoms with E-state index in [1.807, 2.05) is 0 Å². The number of nitrogens with zero attached hydrogens (tertiary/aromatic N) is 6. The minimum atomic E-state index is -0.860. The number of hydrogen-bond donors (Lipinski definition) is 8. The summed E-state index contributed by atoms with van der Waals surface area (Å²) in [7, 11) is 0. The zero-order valence-corrected chi connectivity index (χ0v) is 20.0. The fraction of sp³-hybridized carbons (Fsp3) is 0.500. The van der Waals surface area contributed by atoms with Crippen LogP contribution in [0, 0.1) is 0 Å². The Morgan fingerprint density at radius 3 is 1.90 bits per heavy atom. The van der Waals surface area contributed by atoms with Crippen LogP contribution in [0.5, 0.6) is 0 Å². The average molecular weight is 556 g/mol. The number of H-pyrrole nitrogens is 2. The molecule has 0 aromatic carbocycles. The van der Waals surface area contributed by atoms with Gasteiger partial charge in [0.1, 0.15) is 26.0 Å². The number of ether oxygens (including phenoxy) is 2. The third-order valence-corrected chi connectivity index (χ3v) is 6.21. The van der Waals surface area contributed by atoms with Crippen molar-refractivity contribution in [3.05, 3.63) is 33.3 Å². The van der Waals surface area contributed by atoms with Crippen LogP contribution < -0.4 is 22.6 Å². The maximum absolute atomic E-state index is 11.7. The molecule has 6 atom stereocenters. The second kappa shape index (κ2) is 11.0. The first-order valence-electron chi connectivity index (χ1n) is 12.8. The average Bonchev–Trinajstić information content (AvgIpc) is 3.68. The Bertz CT molecular complexity index is 1650. The lowest BCUT2D eigenvalue weighted by molar-refractivity contribution is -0.0432. The first-order valence-corrected chi connectivity index (χ1v) is 11.5. The number of aromatic amines is 2. The highest BCUT2D eigenvalue weighted by Crippen LogP contribution is 2.31. The summed E-state index contributed by atoms with van der Waals surface area (Å²) in [6, 6.07) is 0. The van der Waals surface area contributed by atoms with E-state index in [9.17, 15) is 19.8 Å². The number of nitrogen functional groups attached to an aromatic ring is 2. The summed E-state index contributed by atoms with van der Waals surface area (Å²) in [5.74, 6) is -0.114. The van der Waals surface area contributed by atoms with Crippen LogP contribution >= 0.6 is 0 Å². The number of imidazole rings is 2. The molecular formula is C20H28N10O9. The van der Waals surface area contributed by atoms with Gasteiger partial charge in [0.25, 0.3) is 11.1 Å². The molecule has 0 aliphatic carbocycles. The van der Waals surface area contributed by atoms with Crippen molar-refractivity contribution in [1.82, 2.24) is 39.0 Å². The first kappa shape index (κ1) is 24.1. The monoisotopic (exact) mass is 555 g/mol. The van der Waals surface area contributed by atoms with Gasteiger partial charge in [-0.05, 0) is 0 Å². The van der Waals surface area contributed by atoms with Crippen LogP contribution in [0.1, 0.15) is 26.7 Å². The van der Waals surface area contributed by atoms with Crippen LogP contribution in [0.2, 0.25) is 0 Å². The SMILES string of the molecule is Nc1nc2c(ncn2C2CC(O)[C@@H](CO)O2)c(=O)[nH]1.[2H]O[2H].[2H]c1nc2c(=O)[nH]c(N)nc2n1C1CC(O)[C@@H](CO)O1. The Kier molecular flexibility index (Phi) is 6.81. The topological polar surface area (TPSA) is 310 Å². The van der Waals surface area contributed by atoms with Gasteiger partial charge in [0, 0.05) is 12.8 Å². The number of nitrogens with one attached hydrogen (secondary N) is 2. The molecule has 12 N–H and O–H groups in total. The highest BCUT2D eigenvalue weighted by molar-refractivity contribution is 5.71. The normalized spacial score (nSPS) is 27.3. The van der Waals surface area contributed by atoms with Crippen molar-refractivity contribution < 1.29 is 36.8 Å². The van der Waals surface area contributed by atoms with Crippen LogP contribution in [0.25, 0.3) is 22.3 Å². The van der Waals surface area contributed by atoms with Crippen molar-refractivity contribution in [1.29, 1.82) is 2.86 Å². The van der Waals surface area contributed by atoms with Gasteiger partial charge in [0.05, 0.1) is 38.1 Å². The highest BCUT2D eigenvalue weighted by atomic mass is 16.5. The molecule has 2 fully saturated rings. The molecule has 0 spiro atoms. The third kappa shape index (κ3) is 5.18. The molecule has 2 aliphatic heterocycles. The van der Waals surface area contributed by atoms with Crippen LogP contribution in [0.4, 0.5) is 11.9 Å². The quantitative estimate of drug-likeness (QED) is 0.119. The van der Waals surface area contributed by atoms with Crippen molar-refractivity contribution >= 4 is 34.2 Å². The molecule has 0 bridgehead atoms. The van der Waals surface area contributed by atoms with Crippen LogP contribution in [-0.2, 0) is 9.47 Å². The van der Waals surface area contributed by atoms with Gasteiger partial charge in [-0.2, -0.15) is 9.97 Å². The molecule has 6 rings (SSSR count). The fourth-order valence-electron chi connectivity index (χ4n) is 4.33. The van der Waals surface area contributed by atoms with E-state index in [0.29, 0.717) is 0 Å². The smallest absolute Gasteiger partial charge is 0.280 e. The number of fused-ring (bicyclic) bond motifs is 2. The Labute approximate surface area is 221 Å². The van der Waals surface area contributed by atoms with E-state index < -0.39 is 48.0 Å². The number of anilines is 2. The molecule has 6 heterocycles. The molecule has 39 heavy (non-hydrogen) atoms. The van der Waals surface area contributed by atoms with E-state index in [0.717, 1.165) is 0 Å². The van der Waals surface area contributed by atoms with Gasteiger partial charge in [0.2, 0.25) is 14.8 Å². The number of aromatic nitrogens is 8. The number of aliphatic hydroxyl groups excluding tert-OH is 4. The summed E-state index contributed by atoms with van der Waals surface area (Å²) in [4.78, 5) is 43.7. The molecule has 0 saturated carbocycles. The Balaban J connectivity index is 0.000000177. The number of rotatable bonds is 4. The summed E-state index contributed by atoms with van der Waals surface area (Å²) >= 11 is 0. The summed E-state index contributed by atoms with van der Waals surface area (Å²) in [5, 5.41) is 37.6. The van der Waals surface area contributed by atoms with Gasteiger partial charge in [0.15, 0.2) is 22.3 Å². The largest absolute Gasteiger partial charge is 0.412 e. The second-order valence-corrected chi connectivity index (χ2v) is 8.71. The van der Waals surface area contributed by atoms with E-state index in [4.69, 9.17) is 35.4 Å². The zero-order chi connectivity index (χ0) is 30.7. The van der Waals surface area contributed by atoms with Gasteiger partial charge in [-0.25, -0.2) is 9.97 Å². The summed E-state index contributed by atoms with van der Waals surface area (Å²) in [5.41, 5.74) is 13.3. The van der Waals surface area contributed by atoms with Crippen molar-refractivity contribution in [3.8, 4) is 0 Å². The Morgan fingerprint density at radius 1 is 0.949 bits per heavy atom. The predicted octanol–water partition coefficient (Wildman–Crippen LogP) is -4.14. The third-order valence-electron chi connectivity index (χ3n) is 6.21. The Morgan fingerprint density at radius 2 is 1.41 bits per heavy atom. The zero-order valence-electron chi connectivity index (χ0n) is 23.0. The molecule has 4 aromatic rings. The lowest BCUT2D eigenvalue weighted by Gasteiger charge is -2.13. The maximum Gasteiger partial charge on any atom is 0.280 e. The second-order valence-electron chi connectivity index (χ2n) is 8.71. The minimum Gasteiger partial charge on any atom is -0.412 e. The number of hydrogen-bond acceptors (Lipinski definition) is 14. The minimum absolute atomic E-state index is 0.0171. The van der Waals surface area contributed by atoms with Crippen molar-refractivity contribution in [2.24, 2.45) is 0 Å². The first-order chi connectivity index (χ1) is 20.0. The fourth-order valence-corrected chi connectivity index (χ4v) is 4.33. The molecule has 19 nitrogen and oxygen atoms in total.